The maximum absolute atomic E-state index is 12.5. The van der Waals surface area contributed by atoms with Crippen molar-refractivity contribution >= 4 is 23.6 Å². The Labute approximate surface area is 135 Å². The van der Waals surface area contributed by atoms with Gasteiger partial charge >= 0.3 is 0 Å². The Balaban J connectivity index is 2.17. The third-order valence-electron chi connectivity index (χ3n) is 4.18. The van der Waals surface area contributed by atoms with Crippen LogP contribution in [-0.4, -0.2) is 41.3 Å². The first-order valence-corrected chi connectivity index (χ1v) is 7.88. The molecular weight excluding hydrogens is 294 g/mol. The highest BCUT2D eigenvalue weighted by molar-refractivity contribution is 6.23. The van der Waals surface area contributed by atoms with Gasteiger partial charge in [0.1, 0.15) is 11.7 Å². The van der Waals surface area contributed by atoms with Gasteiger partial charge in [-0.25, -0.2) is 0 Å². The number of aliphatic imine (C=N–C) groups is 1. The summed E-state index contributed by atoms with van der Waals surface area (Å²) in [5.74, 6) is -2.59. The summed E-state index contributed by atoms with van der Waals surface area (Å²) in [5, 5.41) is 9.14. The van der Waals surface area contributed by atoms with Crippen molar-refractivity contribution in [3.05, 3.63) is 35.9 Å². The van der Waals surface area contributed by atoms with Gasteiger partial charge in [0, 0.05) is 18.2 Å². The number of benzene rings is 1. The van der Waals surface area contributed by atoms with Crippen molar-refractivity contribution in [3.8, 4) is 0 Å². The van der Waals surface area contributed by atoms with Crippen LogP contribution in [0.3, 0.4) is 0 Å². The van der Waals surface area contributed by atoms with E-state index < -0.39 is 11.8 Å². The van der Waals surface area contributed by atoms with E-state index in [2.05, 4.69) is 4.99 Å². The lowest BCUT2D eigenvalue weighted by Crippen LogP contribution is -2.40. The molecule has 1 aromatic carbocycles. The molecule has 0 aliphatic heterocycles. The van der Waals surface area contributed by atoms with Crippen LogP contribution in [-0.2, 0) is 9.59 Å². The molecule has 1 saturated carbocycles. The normalized spacial score (nSPS) is 23.2. The predicted octanol–water partition coefficient (Wildman–Crippen LogP) is 1.88. The zero-order valence-electron chi connectivity index (χ0n) is 13.1. The van der Waals surface area contributed by atoms with Gasteiger partial charge in [-0.1, -0.05) is 37.3 Å². The van der Waals surface area contributed by atoms with Crippen LogP contribution in [0.15, 0.2) is 35.3 Å². The fourth-order valence-electron chi connectivity index (χ4n) is 2.67. The average Bonchev–Trinajstić information content (AvgIpc) is 2.58. The van der Waals surface area contributed by atoms with Crippen LogP contribution in [0.2, 0.25) is 0 Å². The number of nitrogens with zero attached hydrogens (tertiary/aromatic N) is 1. The van der Waals surface area contributed by atoms with Gasteiger partial charge in [-0.05, 0) is 12.8 Å². The minimum Gasteiger partial charge on any atom is -0.394 e. The maximum atomic E-state index is 12.5. The minimum absolute atomic E-state index is 0.130. The second-order valence-electron chi connectivity index (χ2n) is 5.71. The van der Waals surface area contributed by atoms with Crippen LogP contribution >= 0.6 is 0 Å². The molecule has 1 fully saturated rings. The van der Waals surface area contributed by atoms with Crippen LogP contribution in [0.25, 0.3) is 0 Å². The molecule has 1 aliphatic carbocycles. The number of Topliss-reactive ketones (excluding diaryl/α,β-unsaturated/α-hetero) is 3. The molecule has 5 nitrogen and oxygen atoms in total. The summed E-state index contributed by atoms with van der Waals surface area (Å²) in [5.41, 5.74) is 0.484. The summed E-state index contributed by atoms with van der Waals surface area (Å²) >= 11 is 0. The summed E-state index contributed by atoms with van der Waals surface area (Å²) in [7, 11) is 0. The molecule has 3 atom stereocenters. The van der Waals surface area contributed by atoms with Crippen LogP contribution in [0.5, 0.6) is 0 Å². The number of aliphatic hydroxyl groups excluding tert-OH is 1. The van der Waals surface area contributed by atoms with E-state index in [9.17, 15) is 14.4 Å². The Morgan fingerprint density at radius 3 is 2.65 bits per heavy atom. The molecule has 0 bridgehead atoms. The van der Waals surface area contributed by atoms with Gasteiger partial charge in [-0.2, -0.15) is 0 Å². The zero-order chi connectivity index (χ0) is 16.8. The molecule has 2 rings (SSSR count). The molecule has 0 saturated heterocycles. The molecule has 5 heteroatoms. The zero-order valence-corrected chi connectivity index (χ0v) is 13.1. The molecule has 1 unspecified atom stereocenters. The average molecular weight is 315 g/mol. The molecule has 0 spiro atoms. The molecule has 0 amide bonds. The summed E-state index contributed by atoms with van der Waals surface area (Å²) in [6.07, 6.45) is 2.39. The third-order valence-corrected chi connectivity index (χ3v) is 4.18. The van der Waals surface area contributed by atoms with Gasteiger partial charge in [0.25, 0.3) is 0 Å². The summed E-state index contributed by atoms with van der Waals surface area (Å²) < 4.78 is 0. The number of aliphatic hydroxyl groups is 1. The first-order chi connectivity index (χ1) is 11.1. The molecule has 1 N–H and O–H groups in total. The monoisotopic (exact) mass is 315 g/mol. The van der Waals surface area contributed by atoms with E-state index in [4.69, 9.17) is 5.11 Å². The van der Waals surface area contributed by atoms with Gasteiger partial charge in [-0.3, -0.25) is 19.4 Å². The van der Waals surface area contributed by atoms with Crippen molar-refractivity contribution in [3.63, 3.8) is 0 Å². The number of hydrogen-bond donors (Lipinski definition) is 1. The SMILES string of the molecule is CC[C@H](CO)N=CC1C(=O)CC[C@@H](C(=O)c2ccccc2)C1=O. The minimum atomic E-state index is -0.970. The lowest BCUT2D eigenvalue weighted by molar-refractivity contribution is -0.134. The van der Waals surface area contributed by atoms with Gasteiger partial charge < -0.3 is 5.11 Å². The van der Waals surface area contributed by atoms with Crippen molar-refractivity contribution in [2.75, 3.05) is 6.61 Å². The Bertz CT molecular complexity index is 605. The third kappa shape index (κ3) is 3.99. The molecule has 23 heavy (non-hydrogen) atoms. The van der Waals surface area contributed by atoms with Crippen LogP contribution < -0.4 is 0 Å². The van der Waals surface area contributed by atoms with E-state index in [-0.39, 0.29) is 42.8 Å². The maximum Gasteiger partial charge on any atom is 0.173 e. The molecule has 1 aromatic rings. The van der Waals surface area contributed by atoms with E-state index in [0.29, 0.717) is 12.0 Å². The largest absolute Gasteiger partial charge is 0.394 e. The Morgan fingerprint density at radius 2 is 2.04 bits per heavy atom. The first-order valence-electron chi connectivity index (χ1n) is 7.88. The quantitative estimate of drug-likeness (QED) is 0.493. The Morgan fingerprint density at radius 1 is 1.35 bits per heavy atom. The summed E-state index contributed by atoms with van der Waals surface area (Å²) in [6.45, 7) is 1.74. The van der Waals surface area contributed by atoms with Crippen molar-refractivity contribution in [1.82, 2.24) is 0 Å². The summed E-state index contributed by atoms with van der Waals surface area (Å²) in [6, 6.07) is 8.33. The predicted molar refractivity (Wildman–Crippen MR) is 86.7 cm³/mol. The smallest absolute Gasteiger partial charge is 0.173 e. The fourth-order valence-corrected chi connectivity index (χ4v) is 2.67. The molecule has 1 aliphatic rings. The van der Waals surface area contributed by atoms with E-state index >= 15 is 0 Å². The van der Waals surface area contributed by atoms with Crippen LogP contribution in [0.1, 0.15) is 36.5 Å². The fraction of sp³-hybridized carbons (Fsp3) is 0.444. The van der Waals surface area contributed by atoms with Crippen molar-refractivity contribution in [1.29, 1.82) is 0 Å². The van der Waals surface area contributed by atoms with Crippen LogP contribution in [0.4, 0.5) is 0 Å². The number of hydrogen-bond acceptors (Lipinski definition) is 5. The van der Waals surface area contributed by atoms with E-state index in [1.165, 1.54) is 6.21 Å². The Hall–Kier alpha value is -2.14. The number of ketones is 3. The van der Waals surface area contributed by atoms with Gasteiger partial charge in [0.2, 0.25) is 0 Å². The number of carbonyl (C=O) groups is 3. The van der Waals surface area contributed by atoms with Crippen LogP contribution in [0, 0.1) is 11.8 Å². The highest BCUT2D eigenvalue weighted by Crippen LogP contribution is 2.26. The second kappa shape index (κ2) is 7.92. The second-order valence-corrected chi connectivity index (χ2v) is 5.71. The van der Waals surface area contributed by atoms with E-state index in [1.54, 1.807) is 30.3 Å². The standard InChI is InChI=1S/C18H21NO4/c1-2-13(11-20)19-10-15-16(21)9-8-14(18(15)23)17(22)12-6-4-3-5-7-12/h3-7,10,13-15,20H,2,8-9,11H2,1H3/t13-,14+,15?/m1/s1. The molecule has 122 valence electrons. The highest BCUT2D eigenvalue weighted by atomic mass is 16.3. The van der Waals surface area contributed by atoms with Gasteiger partial charge in [0.15, 0.2) is 11.6 Å². The highest BCUT2D eigenvalue weighted by Gasteiger charge is 2.40. The Kier molecular flexibility index (Phi) is 5.93. The lowest BCUT2D eigenvalue weighted by atomic mass is 9.76. The molecular formula is C18H21NO4. The summed E-state index contributed by atoms with van der Waals surface area (Å²) in [4.78, 5) is 41.2. The molecule has 0 radical (unpaired) electrons. The lowest BCUT2D eigenvalue weighted by Gasteiger charge is -2.24. The number of rotatable bonds is 6. The van der Waals surface area contributed by atoms with Crippen molar-refractivity contribution in [2.24, 2.45) is 16.8 Å². The number of carbonyl (C=O) groups excluding carboxylic acids is 3. The van der Waals surface area contributed by atoms with Crippen molar-refractivity contribution in [2.45, 2.75) is 32.2 Å². The first kappa shape index (κ1) is 17.2. The molecule has 0 heterocycles. The van der Waals surface area contributed by atoms with Crippen molar-refractivity contribution < 1.29 is 19.5 Å². The van der Waals surface area contributed by atoms with Gasteiger partial charge in [-0.15, -0.1) is 0 Å². The van der Waals surface area contributed by atoms with E-state index in [1.807, 2.05) is 6.92 Å². The molecule has 0 aromatic heterocycles. The van der Waals surface area contributed by atoms with Gasteiger partial charge in [0.05, 0.1) is 18.6 Å². The van der Waals surface area contributed by atoms with E-state index in [0.717, 1.165) is 0 Å². The topological polar surface area (TPSA) is 83.8 Å².